The molecule has 0 radical (unpaired) electrons. The average molecular weight is 323 g/mol. The average Bonchev–Trinajstić information content (AvgIpc) is 2.54. The summed E-state index contributed by atoms with van der Waals surface area (Å²) in [4.78, 5) is 16.3. The summed E-state index contributed by atoms with van der Waals surface area (Å²) in [5.74, 6) is -0.676. The molecule has 128 valence electrons. The maximum Gasteiger partial charge on any atom is 0.251 e. The van der Waals surface area contributed by atoms with Crippen LogP contribution >= 0.6 is 0 Å². The molecule has 1 aromatic rings. The van der Waals surface area contributed by atoms with E-state index in [9.17, 15) is 14.3 Å². The van der Waals surface area contributed by atoms with Gasteiger partial charge in [0.25, 0.3) is 5.91 Å². The number of rotatable bonds is 6. The Balaban J connectivity index is 1.96. The minimum Gasteiger partial charge on any atom is -0.393 e. The molecule has 0 spiro atoms. The molecule has 2 rings (SSSR count). The first-order valence-corrected chi connectivity index (χ1v) is 8.24. The van der Waals surface area contributed by atoms with Crippen LogP contribution < -0.4 is 10.2 Å². The summed E-state index contributed by atoms with van der Waals surface area (Å²) in [5.41, 5.74) is 0.866. The van der Waals surface area contributed by atoms with Gasteiger partial charge in [0.15, 0.2) is 0 Å². The van der Waals surface area contributed by atoms with Crippen LogP contribution in [0.4, 0.5) is 10.1 Å². The van der Waals surface area contributed by atoms with E-state index in [0.29, 0.717) is 24.2 Å². The first-order chi connectivity index (χ1) is 11.0. The van der Waals surface area contributed by atoms with E-state index in [1.807, 2.05) is 4.90 Å². The van der Waals surface area contributed by atoms with Crippen molar-refractivity contribution < 1.29 is 14.3 Å². The summed E-state index contributed by atoms with van der Waals surface area (Å²) in [5, 5.41) is 11.9. The van der Waals surface area contributed by atoms with Crippen LogP contribution in [0.25, 0.3) is 0 Å². The van der Waals surface area contributed by atoms with Crippen molar-refractivity contribution in [1.29, 1.82) is 0 Å². The van der Waals surface area contributed by atoms with E-state index in [1.165, 1.54) is 6.07 Å². The molecule has 1 atom stereocenters. The molecule has 1 heterocycles. The molecule has 23 heavy (non-hydrogen) atoms. The van der Waals surface area contributed by atoms with E-state index in [-0.39, 0.29) is 11.7 Å². The third-order valence-electron chi connectivity index (χ3n) is 4.22. The van der Waals surface area contributed by atoms with Gasteiger partial charge >= 0.3 is 0 Å². The first kappa shape index (κ1) is 17.7. The van der Waals surface area contributed by atoms with E-state index in [4.69, 9.17) is 0 Å². The zero-order valence-electron chi connectivity index (χ0n) is 13.9. The Hall–Kier alpha value is -1.66. The second-order valence-corrected chi connectivity index (χ2v) is 5.98. The Kier molecular flexibility index (Phi) is 6.36. The highest BCUT2D eigenvalue weighted by Gasteiger charge is 2.19. The molecule has 0 saturated carbocycles. The molecule has 1 fully saturated rings. The summed E-state index contributed by atoms with van der Waals surface area (Å²) in [6, 6.07) is 4.63. The maximum absolute atomic E-state index is 14.3. The van der Waals surface area contributed by atoms with Gasteiger partial charge in [0.2, 0.25) is 0 Å². The first-order valence-electron chi connectivity index (χ1n) is 8.24. The number of halogens is 1. The largest absolute Gasteiger partial charge is 0.393 e. The zero-order valence-corrected chi connectivity index (χ0v) is 13.9. The van der Waals surface area contributed by atoms with E-state index in [0.717, 1.165) is 32.7 Å². The number of hydrogen-bond donors (Lipinski definition) is 2. The van der Waals surface area contributed by atoms with Gasteiger partial charge < -0.3 is 20.2 Å². The minimum atomic E-state index is -0.462. The van der Waals surface area contributed by atoms with Gasteiger partial charge in [0.1, 0.15) is 5.82 Å². The molecule has 1 unspecified atom stereocenters. The van der Waals surface area contributed by atoms with Crippen molar-refractivity contribution in [2.24, 2.45) is 0 Å². The van der Waals surface area contributed by atoms with Crippen molar-refractivity contribution in [3.63, 3.8) is 0 Å². The van der Waals surface area contributed by atoms with Crippen LogP contribution in [-0.2, 0) is 0 Å². The summed E-state index contributed by atoms with van der Waals surface area (Å²) < 4.78 is 14.3. The number of anilines is 1. The Morgan fingerprint density at radius 3 is 2.61 bits per heavy atom. The number of aliphatic hydroxyl groups excluding tert-OH is 1. The molecule has 2 N–H and O–H groups in total. The number of hydrogen-bond acceptors (Lipinski definition) is 4. The third-order valence-corrected chi connectivity index (χ3v) is 4.22. The van der Waals surface area contributed by atoms with Gasteiger partial charge in [-0.25, -0.2) is 4.39 Å². The predicted molar refractivity (Wildman–Crippen MR) is 89.4 cm³/mol. The van der Waals surface area contributed by atoms with Crippen molar-refractivity contribution in [1.82, 2.24) is 10.2 Å². The predicted octanol–water partition coefficient (Wildman–Crippen LogP) is 1.47. The summed E-state index contributed by atoms with van der Waals surface area (Å²) in [6.45, 7) is 8.63. The highest BCUT2D eigenvalue weighted by Crippen LogP contribution is 2.22. The van der Waals surface area contributed by atoms with Crippen LogP contribution in [0.5, 0.6) is 0 Å². The van der Waals surface area contributed by atoms with E-state index in [1.54, 1.807) is 19.1 Å². The van der Waals surface area contributed by atoms with Crippen molar-refractivity contribution in [3.8, 4) is 0 Å². The Labute approximate surface area is 137 Å². The molecule has 1 amide bonds. The van der Waals surface area contributed by atoms with Gasteiger partial charge in [0, 0.05) is 38.3 Å². The number of piperazine rings is 1. The van der Waals surface area contributed by atoms with E-state index in [2.05, 4.69) is 17.1 Å². The third kappa shape index (κ3) is 4.91. The molecule has 1 aromatic carbocycles. The number of likely N-dealkylation sites (N-methyl/N-ethyl adjacent to an activating group) is 1. The lowest BCUT2D eigenvalue weighted by molar-refractivity contribution is 0.0945. The van der Waals surface area contributed by atoms with E-state index >= 15 is 0 Å². The molecule has 6 heteroatoms. The highest BCUT2D eigenvalue weighted by molar-refractivity contribution is 5.94. The number of nitrogens with zero attached hydrogens (tertiary/aromatic N) is 2. The van der Waals surface area contributed by atoms with Gasteiger partial charge in [-0.05, 0) is 38.1 Å². The number of aliphatic hydroxyl groups is 1. The fourth-order valence-electron chi connectivity index (χ4n) is 2.71. The fourth-order valence-corrected chi connectivity index (χ4v) is 2.71. The molecule has 1 saturated heterocycles. The van der Waals surface area contributed by atoms with Gasteiger partial charge in [-0.15, -0.1) is 0 Å². The van der Waals surface area contributed by atoms with Gasteiger partial charge in [-0.2, -0.15) is 0 Å². The number of amides is 1. The summed E-state index contributed by atoms with van der Waals surface area (Å²) in [7, 11) is 0. The van der Waals surface area contributed by atoms with Crippen LogP contribution in [0.15, 0.2) is 18.2 Å². The van der Waals surface area contributed by atoms with Gasteiger partial charge in [0.05, 0.1) is 11.8 Å². The fraction of sp³-hybridized carbons (Fsp3) is 0.588. The van der Waals surface area contributed by atoms with Crippen molar-refractivity contribution >= 4 is 11.6 Å². The molecule has 1 aliphatic rings. The molecular weight excluding hydrogens is 297 g/mol. The van der Waals surface area contributed by atoms with Crippen LogP contribution in [-0.4, -0.2) is 61.3 Å². The lowest BCUT2D eigenvalue weighted by Gasteiger charge is -2.35. The second kappa shape index (κ2) is 8.26. The molecule has 0 aromatic heterocycles. The highest BCUT2D eigenvalue weighted by atomic mass is 19.1. The molecular formula is C17H26FN3O2. The Morgan fingerprint density at radius 1 is 1.35 bits per heavy atom. The van der Waals surface area contributed by atoms with Gasteiger partial charge in [-0.3, -0.25) is 4.79 Å². The maximum atomic E-state index is 14.3. The zero-order chi connectivity index (χ0) is 16.8. The minimum absolute atomic E-state index is 0.309. The monoisotopic (exact) mass is 323 g/mol. The quantitative estimate of drug-likeness (QED) is 0.832. The molecule has 1 aliphatic heterocycles. The second-order valence-electron chi connectivity index (χ2n) is 5.98. The SMILES string of the molecule is CCN1CCN(c2ccc(C(=O)NCCC(C)O)cc2F)CC1. The van der Waals surface area contributed by atoms with Gasteiger partial charge in [-0.1, -0.05) is 6.92 Å². The number of nitrogens with one attached hydrogen (secondary N) is 1. The summed E-state index contributed by atoms with van der Waals surface area (Å²) >= 11 is 0. The molecule has 0 aliphatic carbocycles. The lowest BCUT2D eigenvalue weighted by atomic mass is 10.1. The number of carbonyl (C=O) groups excluding carboxylic acids is 1. The van der Waals surface area contributed by atoms with E-state index < -0.39 is 6.10 Å². The van der Waals surface area contributed by atoms with Crippen molar-refractivity contribution in [2.75, 3.05) is 44.2 Å². The molecule has 5 nitrogen and oxygen atoms in total. The van der Waals surface area contributed by atoms with Crippen LogP contribution in [0.3, 0.4) is 0 Å². The Bertz CT molecular complexity index is 529. The van der Waals surface area contributed by atoms with Crippen LogP contribution in [0, 0.1) is 5.82 Å². The van der Waals surface area contributed by atoms with Crippen LogP contribution in [0.1, 0.15) is 30.6 Å². The van der Waals surface area contributed by atoms with Crippen molar-refractivity contribution in [3.05, 3.63) is 29.6 Å². The normalized spacial score (nSPS) is 17.1. The number of benzene rings is 1. The smallest absolute Gasteiger partial charge is 0.251 e. The van der Waals surface area contributed by atoms with Crippen molar-refractivity contribution in [2.45, 2.75) is 26.4 Å². The molecule has 0 bridgehead atoms. The topological polar surface area (TPSA) is 55.8 Å². The standard InChI is InChI=1S/C17H26FN3O2/c1-3-20-8-10-21(11-9-20)16-5-4-14(12-15(16)18)17(23)19-7-6-13(2)22/h4-5,12-13,22H,3,6-11H2,1-2H3,(H,19,23). The number of carbonyl (C=O) groups is 1. The van der Waals surface area contributed by atoms with Crippen LogP contribution in [0.2, 0.25) is 0 Å². The Morgan fingerprint density at radius 2 is 2.04 bits per heavy atom. The lowest BCUT2D eigenvalue weighted by Crippen LogP contribution is -2.46. The summed E-state index contributed by atoms with van der Waals surface area (Å²) in [6.07, 6.45) is 0.0183.